The average Bonchev–Trinajstić information content (AvgIpc) is 1.78. The molecule has 0 amide bonds. The molecule has 0 atom stereocenters. The molecule has 1 aliphatic rings. The minimum absolute atomic E-state index is 0.258. The standard InChI is InChI=1S/C2H4Cl6N3P3/c1-2-11-12-9-13(3,4,5)10-14(11,6,7)8/h2,10H,1H2. The third-order valence-electron chi connectivity index (χ3n) is 1.09. The van der Waals surface area contributed by atoms with E-state index in [2.05, 4.69) is 16.0 Å². The van der Waals surface area contributed by atoms with Crippen LogP contribution in [0, 0.1) is 0 Å². The van der Waals surface area contributed by atoms with Crippen LogP contribution in [0.1, 0.15) is 0 Å². The van der Waals surface area contributed by atoms with Crippen molar-refractivity contribution in [3.05, 3.63) is 12.8 Å². The molecular weight excluding hydrogens is 372 g/mol. The predicted molar refractivity (Wildman–Crippen MR) is 73.5 cm³/mol. The van der Waals surface area contributed by atoms with Crippen LogP contribution in [0.3, 0.4) is 0 Å². The number of nitrogens with one attached hydrogen (secondary N) is 1. The molecule has 0 fully saturated rings. The van der Waals surface area contributed by atoms with Crippen molar-refractivity contribution in [3.63, 3.8) is 0 Å². The molecular formula is C2H4Cl6N3P3. The molecule has 0 aromatic rings. The molecule has 3 nitrogen and oxygen atoms in total. The van der Waals surface area contributed by atoms with Gasteiger partial charge in [-0.25, -0.2) is 0 Å². The van der Waals surface area contributed by atoms with Crippen molar-refractivity contribution in [3.8, 4) is 0 Å². The van der Waals surface area contributed by atoms with E-state index in [1.807, 2.05) is 0 Å². The zero-order chi connectivity index (χ0) is 11.3. The van der Waals surface area contributed by atoms with E-state index in [-0.39, 0.29) is 8.52 Å². The van der Waals surface area contributed by atoms with Gasteiger partial charge < -0.3 is 0 Å². The molecule has 84 valence electrons. The van der Waals surface area contributed by atoms with Crippen molar-refractivity contribution in [1.29, 1.82) is 0 Å². The summed E-state index contributed by atoms with van der Waals surface area (Å²) in [7, 11) is 0.258. The molecule has 0 spiro atoms. The molecule has 0 aromatic carbocycles. The number of hydrogen-bond donors (Lipinski definition) is 1. The van der Waals surface area contributed by atoms with Crippen molar-refractivity contribution in [2.24, 2.45) is 4.52 Å². The first-order valence-corrected chi connectivity index (χ1v) is 13.5. The molecule has 0 saturated carbocycles. The van der Waals surface area contributed by atoms with Crippen LogP contribution in [0.25, 0.3) is 0 Å². The molecule has 0 bridgehead atoms. The third kappa shape index (κ3) is 3.34. The summed E-state index contributed by atoms with van der Waals surface area (Å²) < 4.78 is 5.09. The van der Waals surface area contributed by atoms with Gasteiger partial charge in [0.05, 0.1) is 0 Å². The van der Waals surface area contributed by atoms with Crippen LogP contribution in [0.4, 0.5) is 0 Å². The Morgan fingerprint density at radius 2 is 1.71 bits per heavy atom. The van der Waals surface area contributed by atoms with E-state index < -0.39 is 9.93 Å². The Morgan fingerprint density at radius 3 is 2.07 bits per heavy atom. The summed E-state index contributed by atoms with van der Waals surface area (Å²) in [5.74, 6) is 0. The Balaban J connectivity index is 3.26. The van der Waals surface area contributed by atoms with Crippen molar-refractivity contribution >= 4 is 85.9 Å². The van der Waals surface area contributed by atoms with E-state index in [1.54, 1.807) is 0 Å². The molecule has 12 heteroatoms. The summed E-state index contributed by atoms with van der Waals surface area (Å²) in [6.07, 6.45) is 1.33. The summed E-state index contributed by atoms with van der Waals surface area (Å²) in [5.41, 5.74) is 0. The van der Waals surface area contributed by atoms with Gasteiger partial charge in [0.15, 0.2) is 0 Å². The fourth-order valence-corrected chi connectivity index (χ4v) is 19.2. The Morgan fingerprint density at radius 1 is 1.21 bits per heavy atom. The van der Waals surface area contributed by atoms with Gasteiger partial charge in [0.25, 0.3) is 0 Å². The van der Waals surface area contributed by atoms with Gasteiger partial charge in [-0.05, 0) is 0 Å². The van der Waals surface area contributed by atoms with Crippen LogP contribution in [-0.4, -0.2) is 4.44 Å². The van der Waals surface area contributed by atoms with Crippen molar-refractivity contribution in [1.82, 2.24) is 9.30 Å². The first-order chi connectivity index (χ1) is 5.91. The number of nitrogens with zero attached hydrogens (tertiary/aromatic N) is 2. The van der Waals surface area contributed by atoms with Gasteiger partial charge >= 0.3 is 112 Å². The average molecular weight is 376 g/mol. The van der Waals surface area contributed by atoms with Gasteiger partial charge in [0.1, 0.15) is 0 Å². The summed E-state index contributed by atoms with van der Waals surface area (Å²) in [5, 5.41) is 0. The summed E-state index contributed by atoms with van der Waals surface area (Å²) in [6, 6.07) is 0. The second kappa shape index (κ2) is 3.59. The summed E-state index contributed by atoms with van der Waals surface area (Å²) in [6.45, 7) is 3.48. The first-order valence-electron chi connectivity index (χ1n) is 2.93. The van der Waals surface area contributed by atoms with Crippen LogP contribution < -0.4 is 4.86 Å². The molecule has 0 aliphatic carbocycles. The Kier molecular flexibility index (Phi) is 3.66. The third-order valence-corrected chi connectivity index (χ3v) is 15.9. The van der Waals surface area contributed by atoms with Crippen molar-refractivity contribution in [2.45, 2.75) is 0 Å². The monoisotopic (exact) mass is 373 g/mol. The predicted octanol–water partition coefficient (Wildman–Crippen LogP) is 6.77. The zero-order valence-electron chi connectivity index (χ0n) is 6.29. The summed E-state index contributed by atoms with van der Waals surface area (Å²) >= 11 is 35.4. The van der Waals surface area contributed by atoms with Gasteiger partial charge in [0, 0.05) is 0 Å². The van der Waals surface area contributed by atoms with E-state index in [4.69, 9.17) is 67.4 Å². The molecule has 1 N–H and O–H groups in total. The van der Waals surface area contributed by atoms with Crippen LogP contribution in [0.2, 0.25) is 0 Å². The second-order valence-electron chi connectivity index (χ2n) is 2.33. The maximum atomic E-state index is 5.99. The Bertz CT molecular complexity index is 312. The van der Waals surface area contributed by atoms with E-state index in [0.717, 1.165) is 0 Å². The van der Waals surface area contributed by atoms with Crippen LogP contribution in [-0.2, 0) is 0 Å². The van der Waals surface area contributed by atoms with Gasteiger partial charge in [-0.2, -0.15) is 0 Å². The normalized spacial score (nSPS) is 38.3. The molecule has 1 aliphatic heterocycles. The van der Waals surface area contributed by atoms with Gasteiger partial charge in [0.2, 0.25) is 0 Å². The first kappa shape index (κ1) is 14.3. The fraction of sp³-hybridized carbons (Fsp3) is 0. The molecule has 0 radical (unpaired) electrons. The topological polar surface area (TPSA) is 27.6 Å². The Hall–Kier alpha value is 2.20. The molecule has 14 heavy (non-hydrogen) atoms. The Labute approximate surface area is 112 Å². The quantitative estimate of drug-likeness (QED) is 0.512. The van der Waals surface area contributed by atoms with E-state index in [0.29, 0.717) is 0 Å². The van der Waals surface area contributed by atoms with Crippen molar-refractivity contribution in [2.75, 3.05) is 0 Å². The number of hydrogen-bond acceptors (Lipinski definition) is 3. The second-order valence-corrected chi connectivity index (χ2v) is 23.2. The van der Waals surface area contributed by atoms with Gasteiger partial charge in [-0.1, -0.05) is 0 Å². The molecule has 0 saturated heterocycles. The SMILES string of the molecule is C=CN1P=NP(Cl)(Cl)(Cl)NP1(Cl)(Cl)Cl. The van der Waals surface area contributed by atoms with Gasteiger partial charge in [-0.15, -0.1) is 0 Å². The van der Waals surface area contributed by atoms with Crippen LogP contribution in [0.5, 0.6) is 0 Å². The molecule has 1 rings (SSSR count). The maximum absolute atomic E-state index is 5.99. The minimum atomic E-state index is -3.97. The zero-order valence-corrected chi connectivity index (χ0v) is 13.5. The summed E-state index contributed by atoms with van der Waals surface area (Å²) in [4.78, 5) is -5.51. The van der Waals surface area contributed by atoms with Gasteiger partial charge in [-0.3, -0.25) is 0 Å². The van der Waals surface area contributed by atoms with E-state index in [1.165, 1.54) is 10.6 Å². The van der Waals surface area contributed by atoms with E-state index in [9.17, 15) is 0 Å². The van der Waals surface area contributed by atoms with E-state index >= 15 is 0 Å². The van der Waals surface area contributed by atoms with Crippen molar-refractivity contribution < 1.29 is 0 Å². The number of rotatable bonds is 1. The fourth-order valence-electron chi connectivity index (χ4n) is 0.657. The molecule has 0 aromatic heterocycles. The molecule has 1 heterocycles. The number of halogens is 6. The molecule has 0 unspecified atom stereocenters. The van der Waals surface area contributed by atoms with Crippen LogP contribution >= 0.6 is 85.9 Å². The van der Waals surface area contributed by atoms with Crippen LogP contribution in [0.15, 0.2) is 17.3 Å².